The third-order valence-electron chi connectivity index (χ3n) is 5.97. The van der Waals surface area contributed by atoms with Crippen LogP contribution >= 0.6 is 11.6 Å². The van der Waals surface area contributed by atoms with Crippen molar-refractivity contribution in [3.05, 3.63) is 80.6 Å². The first-order valence-electron chi connectivity index (χ1n) is 10.6. The quantitative estimate of drug-likeness (QED) is 0.286. The monoisotopic (exact) mass is 488 g/mol. The summed E-state index contributed by atoms with van der Waals surface area (Å²) in [6, 6.07) is 11.6. The number of likely N-dealkylation sites (N-methyl/N-ethyl adjacent to an activating group) is 1. The molecule has 0 spiro atoms. The van der Waals surface area contributed by atoms with E-state index in [1.54, 1.807) is 24.4 Å². The van der Waals surface area contributed by atoms with E-state index in [-0.39, 0.29) is 47.7 Å². The molecule has 1 fully saturated rings. The van der Waals surface area contributed by atoms with Gasteiger partial charge in [-0.1, -0.05) is 29.8 Å². The molecule has 0 saturated carbocycles. The number of halogens is 1. The molecule has 0 aromatic heterocycles. The normalized spacial score (nSPS) is 19.1. The average molecular weight is 489 g/mol. The number of carbonyl (C=O) groups excluding carboxylic acids is 1. The average Bonchev–Trinajstić information content (AvgIpc) is 3.01. The molecule has 5 rings (SSSR count). The van der Waals surface area contributed by atoms with E-state index in [0.29, 0.717) is 39.1 Å². The molecule has 3 heterocycles. The fourth-order valence-corrected chi connectivity index (χ4v) is 4.40. The number of nitro groups is 1. The van der Waals surface area contributed by atoms with E-state index in [0.717, 1.165) is 26.2 Å². The van der Waals surface area contributed by atoms with Crippen LogP contribution in [0, 0.1) is 10.1 Å². The van der Waals surface area contributed by atoms with Gasteiger partial charge in [-0.25, -0.2) is 4.99 Å². The van der Waals surface area contributed by atoms with Crippen LogP contribution in [0.2, 0.25) is 5.02 Å². The number of rotatable bonds is 3. The van der Waals surface area contributed by atoms with Crippen LogP contribution in [0.5, 0.6) is 0 Å². The van der Waals surface area contributed by atoms with Crippen molar-refractivity contribution < 1.29 is 9.72 Å². The van der Waals surface area contributed by atoms with E-state index in [4.69, 9.17) is 16.6 Å². The first kappa shape index (κ1) is 24.6. The van der Waals surface area contributed by atoms with E-state index < -0.39 is 4.92 Å². The number of carbonyl (C=O) groups is 1. The number of hydrogen-bond acceptors (Lipinski definition) is 7. The molecule has 2 aromatic carbocycles. The van der Waals surface area contributed by atoms with Gasteiger partial charge in [0.1, 0.15) is 11.5 Å². The number of nitro benzene ring substituents is 1. The topological polar surface area (TPSA) is 94.7 Å². The zero-order valence-electron chi connectivity index (χ0n) is 17.9. The minimum absolute atomic E-state index is 0. The number of hydrogen-bond donors (Lipinski definition) is 0. The van der Waals surface area contributed by atoms with Gasteiger partial charge in [0.15, 0.2) is 0 Å². The van der Waals surface area contributed by atoms with E-state index in [2.05, 4.69) is 21.8 Å². The van der Waals surface area contributed by atoms with Crippen molar-refractivity contribution in [3.8, 4) is 0 Å². The number of anilines is 1. The Morgan fingerprint density at radius 3 is 2.53 bits per heavy atom. The molecule has 11 heteroatoms. The summed E-state index contributed by atoms with van der Waals surface area (Å²) in [5.41, 5.74) is 2.36. The number of piperazine rings is 1. The Labute approximate surface area is 223 Å². The van der Waals surface area contributed by atoms with Crippen LogP contribution < -0.4 is 4.90 Å². The van der Waals surface area contributed by atoms with Gasteiger partial charge in [0.25, 0.3) is 11.6 Å². The van der Waals surface area contributed by atoms with Gasteiger partial charge < -0.3 is 9.80 Å². The molecule has 9 nitrogen and oxygen atoms in total. The second-order valence-electron chi connectivity index (χ2n) is 8.13. The summed E-state index contributed by atoms with van der Waals surface area (Å²) in [6.45, 7) is 3.60. The molecular formula is C23H22ClN6NaO3. The van der Waals surface area contributed by atoms with Crippen LogP contribution in [0.15, 0.2) is 64.3 Å². The molecule has 0 N–H and O–H groups in total. The molecule has 0 bridgehead atoms. The molecule has 3 aliphatic heterocycles. The molecule has 0 atom stereocenters. The Balaban J connectivity index is 0.00000274. The first-order chi connectivity index (χ1) is 15.9. The minimum atomic E-state index is -0.463. The maximum absolute atomic E-state index is 13.4. The van der Waals surface area contributed by atoms with Crippen molar-refractivity contribution in [2.45, 2.75) is 0 Å². The van der Waals surface area contributed by atoms with E-state index in [9.17, 15) is 14.9 Å². The van der Waals surface area contributed by atoms with E-state index in [1.807, 2.05) is 12.1 Å². The van der Waals surface area contributed by atoms with Gasteiger partial charge in [0.05, 0.1) is 22.9 Å². The number of benzene rings is 2. The van der Waals surface area contributed by atoms with Gasteiger partial charge in [0, 0.05) is 60.7 Å². The molecule has 0 aliphatic carbocycles. The number of amides is 1. The number of amidine groups is 1. The molecule has 34 heavy (non-hydrogen) atoms. The van der Waals surface area contributed by atoms with Crippen LogP contribution in [0.1, 0.15) is 11.1 Å². The van der Waals surface area contributed by atoms with Crippen molar-refractivity contribution >= 4 is 70.0 Å². The zero-order chi connectivity index (χ0) is 23.1. The van der Waals surface area contributed by atoms with Crippen LogP contribution in [-0.4, -0.2) is 102 Å². The molecule has 170 valence electrons. The summed E-state index contributed by atoms with van der Waals surface area (Å²) >= 11 is 6.43. The molecular weight excluding hydrogens is 467 g/mol. The van der Waals surface area contributed by atoms with Crippen LogP contribution in [0.25, 0.3) is 0 Å². The number of fused-ring (bicyclic) bond motifs is 3. The van der Waals surface area contributed by atoms with Crippen molar-refractivity contribution in [1.29, 1.82) is 0 Å². The summed E-state index contributed by atoms with van der Waals surface area (Å²) in [5, 5.41) is 12.0. The third-order valence-corrected chi connectivity index (χ3v) is 6.30. The number of non-ortho nitro benzene ring substituents is 1. The van der Waals surface area contributed by atoms with Gasteiger partial charge in [-0.15, -0.1) is 0 Å². The second-order valence-corrected chi connectivity index (χ2v) is 8.53. The summed E-state index contributed by atoms with van der Waals surface area (Å²) in [5.74, 6) is 0.215. The molecule has 0 radical (unpaired) electrons. The van der Waals surface area contributed by atoms with Gasteiger partial charge >= 0.3 is 29.6 Å². The summed E-state index contributed by atoms with van der Waals surface area (Å²) in [4.78, 5) is 39.6. The molecule has 1 saturated heterocycles. The predicted octanol–water partition coefficient (Wildman–Crippen LogP) is 2.28. The van der Waals surface area contributed by atoms with E-state index in [1.165, 1.54) is 17.0 Å². The fraction of sp³-hybridized carbons (Fsp3) is 0.261. The van der Waals surface area contributed by atoms with Crippen molar-refractivity contribution in [1.82, 2.24) is 9.80 Å². The summed E-state index contributed by atoms with van der Waals surface area (Å²) in [6.07, 6.45) is 1.81. The molecule has 1 amide bonds. The Hall–Kier alpha value is -2.56. The molecule has 2 aromatic rings. The third kappa shape index (κ3) is 4.54. The summed E-state index contributed by atoms with van der Waals surface area (Å²) < 4.78 is 0. The van der Waals surface area contributed by atoms with Crippen LogP contribution in [0.3, 0.4) is 0 Å². The SMILES string of the molecule is CN1CCN(/C=C2\N=C3CN=C(c4ccccc4Cl)c4cc([N+](=O)[O-])ccc4N3C2=O)CC1.[NaH]. The first-order valence-corrected chi connectivity index (χ1v) is 10.9. The maximum atomic E-state index is 13.4. The molecule has 3 aliphatic rings. The Morgan fingerprint density at radius 1 is 1.09 bits per heavy atom. The van der Waals surface area contributed by atoms with Gasteiger partial charge in [0.2, 0.25) is 0 Å². The predicted molar refractivity (Wildman–Crippen MR) is 134 cm³/mol. The number of aliphatic imine (C=N–C) groups is 2. The molecule has 0 unspecified atom stereocenters. The zero-order valence-corrected chi connectivity index (χ0v) is 18.7. The van der Waals surface area contributed by atoms with Gasteiger partial charge in [-0.2, -0.15) is 0 Å². The Morgan fingerprint density at radius 2 is 1.82 bits per heavy atom. The second kappa shape index (κ2) is 9.97. The van der Waals surface area contributed by atoms with Gasteiger partial charge in [-0.05, 0) is 19.2 Å². The van der Waals surface area contributed by atoms with Crippen LogP contribution in [0.4, 0.5) is 11.4 Å². The van der Waals surface area contributed by atoms with E-state index >= 15 is 0 Å². The van der Waals surface area contributed by atoms with Crippen molar-refractivity contribution in [3.63, 3.8) is 0 Å². The van der Waals surface area contributed by atoms with Crippen LogP contribution in [-0.2, 0) is 4.79 Å². The Kier molecular flexibility index (Phi) is 7.20. The van der Waals surface area contributed by atoms with Gasteiger partial charge in [-0.3, -0.25) is 24.8 Å². The standard InChI is InChI=1S/C23H21ClN6O3.Na.H/c1-27-8-10-28(11-9-27)14-19-23(31)29-20-7-6-15(30(32)33)12-17(20)22(25-13-21(29)26-19)16-4-2-3-5-18(16)24;;/h2-7,12,14H,8-11,13H2,1H3;;/b19-14-;;. The number of nitrogens with zero attached hydrogens (tertiary/aromatic N) is 6. The summed E-state index contributed by atoms with van der Waals surface area (Å²) in [7, 11) is 2.07. The Bertz CT molecular complexity index is 1250. The van der Waals surface area contributed by atoms with Crippen molar-refractivity contribution in [2.75, 3.05) is 44.7 Å². The van der Waals surface area contributed by atoms with Crippen molar-refractivity contribution in [2.24, 2.45) is 9.98 Å². The fourth-order valence-electron chi connectivity index (χ4n) is 4.17.